The standard InChI is InChI=1S/C31H38N2O5/c1-30(2,3)19-24(28(35)38-31(4,5)6)32-23(18-17-21-13-9-7-10-14-21)26(27(32)34)33-25(20-37-29(33)36)22-15-11-8-12-16-22/h7-18,23-26H,19-20H2,1-6H3/t23?,24?,25-,26?/m1/s1. The predicted molar refractivity (Wildman–Crippen MR) is 146 cm³/mol. The van der Waals surface area contributed by atoms with Crippen LogP contribution in [0.5, 0.6) is 0 Å². The highest BCUT2D eigenvalue weighted by atomic mass is 16.6. The number of hydrogen-bond donors (Lipinski definition) is 0. The van der Waals surface area contributed by atoms with Gasteiger partial charge in [0, 0.05) is 0 Å². The molecule has 2 heterocycles. The third-order valence-corrected chi connectivity index (χ3v) is 6.65. The van der Waals surface area contributed by atoms with E-state index in [0.717, 1.165) is 11.1 Å². The van der Waals surface area contributed by atoms with Gasteiger partial charge < -0.3 is 14.4 Å². The number of cyclic esters (lactones) is 1. The number of nitrogens with zero attached hydrogens (tertiary/aromatic N) is 2. The van der Waals surface area contributed by atoms with Gasteiger partial charge in [-0.1, -0.05) is 93.6 Å². The Kier molecular flexibility index (Phi) is 7.68. The van der Waals surface area contributed by atoms with Gasteiger partial charge in [0.25, 0.3) is 0 Å². The number of hydrogen-bond acceptors (Lipinski definition) is 5. The smallest absolute Gasteiger partial charge is 0.411 e. The summed E-state index contributed by atoms with van der Waals surface area (Å²) in [6, 6.07) is 16.8. The van der Waals surface area contributed by atoms with Crippen molar-refractivity contribution < 1.29 is 23.9 Å². The van der Waals surface area contributed by atoms with Crippen LogP contribution < -0.4 is 0 Å². The molecule has 0 aliphatic carbocycles. The Balaban J connectivity index is 1.73. The number of carbonyl (C=O) groups excluding carboxylic acids is 3. The van der Waals surface area contributed by atoms with E-state index in [2.05, 4.69) is 0 Å². The number of ether oxygens (including phenoxy) is 2. The highest BCUT2D eigenvalue weighted by Gasteiger charge is 2.58. The molecule has 0 radical (unpaired) electrons. The van der Waals surface area contributed by atoms with Crippen molar-refractivity contribution in [2.75, 3.05) is 6.61 Å². The minimum absolute atomic E-state index is 0.166. The van der Waals surface area contributed by atoms with Crippen LogP contribution in [0.1, 0.15) is 65.1 Å². The van der Waals surface area contributed by atoms with Gasteiger partial charge in [-0.3, -0.25) is 9.69 Å². The lowest BCUT2D eigenvalue weighted by atomic mass is 9.82. The van der Waals surface area contributed by atoms with Crippen LogP contribution in [0.4, 0.5) is 4.79 Å². The fourth-order valence-electron chi connectivity index (χ4n) is 5.05. The Morgan fingerprint density at radius 3 is 2.18 bits per heavy atom. The number of benzene rings is 2. The molecule has 2 aromatic carbocycles. The van der Waals surface area contributed by atoms with E-state index in [-0.39, 0.29) is 17.9 Å². The monoisotopic (exact) mass is 518 g/mol. The zero-order chi connectivity index (χ0) is 27.7. The van der Waals surface area contributed by atoms with Crippen molar-refractivity contribution in [1.82, 2.24) is 9.80 Å². The number of rotatable bonds is 7. The highest BCUT2D eigenvalue weighted by Crippen LogP contribution is 2.40. The van der Waals surface area contributed by atoms with Crippen LogP contribution in [0.2, 0.25) is 0 Å². The fourth-order valence-corrected chi connectivity index (χ4v) is 5.05. The van der Waals surface area contributed by atoms with Gasteiger partial charge in [-0.25, -0.2) is 9.59 Å². The average Bonchev–Trinajstić information content (AvgIpc) is 3.21. The molecule has 4 atom stereocenters. The molecule has 0 bridgehead atoms. The van der Waals surface area contributed by atoms with E-state index >= 15 is 0 Å². The van der Waals surface area contributed by atoms with Gasteiger partial charge in [-0.2, -0.15) is 0 Å². The zero-order valence-electron chi connectivity index (χ0n) is 23.1. The Hall–Kier alpha value is -3.61. The second-order valence-electron chi connectivity index (χ2n) is 12.2. The molecule has 2 aliphatic rings. The second kappa shape index (κ2) is 10.6. The molecule has 2 aliphatic heterocycles. The summed E-state index contributed by atoms with van der Waals surface area (Å²) in [7, 11) is 0. The van der Waals surface area contributed by atoms with E-state index in [4.69, 9.17) is 9.47 Å². The first-order chi connectivity index (χ1) is 17.9. The molecule has 7 heteroatoms. The van der Waals surface area contributed by atoms with Gasteiger partial charge in [0.1, 0.15) is 24.3 Å². The van der Waals surface area contributed by atoms with Gasteiger partial charge in [-0.15, -0.1) is 0 Å². The van der Waals surface area contributed by atoms with Crippen molar-refractivity contribution in [2.24, 2.45) is 5.41 Å². The summed E-state index contributed by atoms with van der Waals surface area (Å²) in [4.78, 5) is 43.5. The third kappa shape index (κ3) is 6.09. The summed E-state index contributed by atoms with van der Waals surface area (Å²) in [6.45, 7) is 11.7. The van der Waals surface area contributed by atoms with Crippen LogP contribution in [-0.4, -0.2) is 58.1 Å². The SMILES string of the molecule is CC(C)(C)CC(C(=O)OC(C)(C)C)N1C(=O)C(N2C(=O)OC[C@@H]2c2ccccc2)C1C=Cc1ccccc1. The molecule has 0 N–H and O–H groups in total. The number of likely N-dealkylation sites (tertiary alicyclic amines) is 1. The molecule has 4 rings (SSSR count). The molecular weight excluding hydrogens is 480 g/mol. The molecule has 7 nitrogen and oxygen atoms in total. The van der Waals surface area contributed by atoms with Crippen LogP contribution >= 0.6 is 0 Å². The van der Waals surface area contributed by atoms with Crippen molar-refractivity contribution in [2.45, 2.75) is 77.7 Å². The maximum atomic E-state index is 13.9. The Morgan fingerprint density at radius 2 is 1.61 bits per heavy atom. The van der Waals surface area contributed by atoms with E-state index < -0.39 is 41.8 Å². The molecule has 2 saturated heterocycles. The molecule has 2 fully saturated rings. The summed E-state index contributed by atoms with van der Waals surface area (Å²) in [5.74, 6) is -0.728. The van der Waals surface area contributed by atoms with Gasteiger partial charge in [-0.05, 0) is 43.7 Å². The molecule has 38 heavy (non-hydrogen) atoms. The molecule has 3 unspecified atom stereocenters. The molecule has 2 aromatic rings. The molecule has 0 aromatic heterocycles. The van der Waals surface area contributed by atoms with Gasteiger partial charge in [0.05, 0.1) is 12.1 Å². The lowest BCUT2D eigenvalue weighted by molar-refractivity contribution is -0.178. The summed E-state index contributed by atoms with van der Waals surface area (Å²) >= 11 is 0. The maximum absolute atomic E-state index is 13.9. The van der Waals surface area contributed by atoms with Gasteiger partial charge >= 0.3 is 12.1 Å². The number of β-lactam (4-membered cyclic amide) rings is 1. The lowest BCUT2D eigenvalue weighted by Gasteiger charge is -2.53. The summed E-state index contributed by atoms with van der Waals surface area (Å²) in [5.41, 5.74) is 0.903. The molecule has 2 amide bonds. The third-order valence-electron chi connectivity index (χ3n) is 6.65. The summed E-state index contributed by atoms with van der Waals surface area (Å²) in [5, 5.41) is 0. The number of amides is 2. The Bertz CT molecular complexity index is 1180. The van der Waals surface area contributed by atoms with E-state index in [1.54, 1.807) is 4.90 Å². The van der Waals surface area contributed by atoms with Crippen LogP contribution in [0.15, 0.2) is 66.7 Å². The Labute approximate surface area is 225 Å². The Morgan fingerprint density at radius 1 is 1.00 bits per heavy atom. The second-order valence-corrected chi connectivity index (χ2v) is 12.2. The van der Waals surface area contributed by atoms with E-state index in [1.165, 1.54) is 4.90 Å². The number of esters is 1. The van der Waals surface area contributed by atoms with Crippen LogP contribution in [0.25, 0.3) is 6.08 Å². The van der Waals surface area contributed by atoms with Crippen LogP contribution in [0, 0.1) is 5.41 Å². The fraction of sp³-hybridized carbons (Fsp3) is 0.452. The van der Waals surface area contributed by atoms with Crippen molar-refractivity contribution in [3.05, 3.63) is 77.9 Å². The van der Waals surface area contributed by atoms with Gasteiger partial charge in [0.2, 0.25) is 5.91 Å². The largest absolute Gasteiger partial charge is 0.458 e. The first-order valence-corrected chi connectivity index (χ1v) is 13.1. The van der Waals surface area contributed by atoms with E-state index in [9.17, 15) is 14.4 Å². The topological polar surface area (TPSA) is 76.2 Å². The van der Waals surface area contributed by atoms with Crippen LogP contribution in [0.3, 0.4) is 0 Å². The van der Waals surface area contributed by atoms with Crippen LogP contribution in [-0.2, 0) is 19.1 Å². The summed E-state index contributed by atoms with van der Waals surface area (Å²) < 4.78 is 11.2. The van der Waals surface area contributed by atoms with Crippen molar-refractivity contribution in [3.8, 4) is 0 Å². The molecule has 202 valence electrons. The van der Waals surface area contributed by atoms with E-state index in [0.29, 0.717) is 6.42 Å². The van der Waals surface area contributed by atoms with Gasteiger partial charge in [0.15, 0.2) is 0 Å². The quantitative estimate of drug-likeness (QED) is 0.351. The predicted octanol–water partition coefficient (Wildman–Crippen LogP) is 5.62. The molecule has 0 spiro atoms. The summed E-state index contributed by atoms with van der Waals surface area (Å²) in [6.07, 6.45) is 3.73. The lowest BCUT2D eigenvalue weighted by Crippen LogP contribution is -2.74. The van der Waals surface area contributed by atoms with Crippen molar-refractivity contribution >= 4 is 24.0 Å². The zero-order valence-corrected chi connectivity index (χ0v) is 23.1. The van der Waals surface area contributed by atoms with Crippen molar-refractivity contribution in [1.29, 1.82) is 0 Å². The first-order valence-electron chi connectivity index (χ1n) is 13.1. The first kappa shape index (κ1) is 27.4. The normalized spacial score (nSPS) is 22.8. The molecular formula is C31H38N2O5. The minimum Gasteiger partial charge on any atom is -0.458 e. The molecule has 0 saturated carbocycles. The minimum atomic E-state index is -0.794. The van der Waals surface area contributed by atoms with Crippen molar-refractivity contribution in [3.63, 3.8) is 0 Å². The van der Waals surface area contributed by atoms with E-state index in [1.807, 2.05) is 114 Å². The highest BCUT2D eigenvalue weighted by molar-refractivity contribution is 5.97. The average molecular weight is 519 g/mol. The number of carbonyl (C=O) groups is 3. The maximum Gasteiger partial charge on any atom is 0.411 e.